The molecule has 0 amide bonds. The summed E-state index contributed by atoms with van der Waals surface area (Å²) in [6.07, 6.45) is 1.50. The molecule has 0 atom stereocenters. The highest BCUT2D eigenvalue weighted by atomic mass is 32.2. The van der Waals surface area contributed by atoms with Crippen LogP contribution in [0.1, 0.15) is 33.6 Å². The fourth-order valence-electron chi connectivity index (χ4n) is 2.11. The summed E-state index contributed by atoms with van der Waals surface area (Å²) in [6, 6.07) is 0. The predicted octanol–water partition coefficient (Wildman–Crippen LogP) is 1.08. The maximum atomic E-state index is 12.0. The van der Waals surface area contributed by atoms with Gasteiger partial charge in [-0.2, -0.15) is 0 Å². The first-order valence-electron chi connectivity index (χ1n) is 6.70. The summed E-state index contributed by atoms with van der Waals surface area (Å²) in [5, 5.41) is 0. The van der Waals surface area contributed by atoms with E-state index in [1.54, 1.807) is 20.8 Å². The molecule has 0 aromatic carbocycles. The van der Waals surface area contributed by atoms with Crippen LogP contribution < -0.4 is 0 Å². The average Bonchev–Trinajstić information content (AvgIpc) is 2.35. The lowest BCUT2D eigenvalue weighted by atomic mass is 9.97. The number of methoxy groups -OCH3 is 1. The Morgan fingerprint density at radius 1 is 1.26 bits per heavy atom. The Kier molecular flexibility index (Phi) is 5.38. The molecule has 0 aliphatic carbocycles. The zero-order valence-electron chi connectivity index (χ0n) is 12.3. The van der Waals surface area contributed by atoms with Crippen LogP contribution in [0.2, 0.25) is 0 Å². The molecule has 1 saturated heterocycles. The van der Waals surface area contributed by atoms with Gasteiger partial charge in [-0.05, 0) is 46.7 Å². The van der Waals surface area contributed by atoms with E-state index in [-0.39, 0.29) is 17.6 Å². The Morgan fingerprint density at radius 3 is 2.21 bits per heavy atom. The van der Waals surface area contributed by atoms with E-state index in [2.05, 4.69) is 4.90 Å². The third-order valence-electron chi connectivity index (χ3n) is 3.73. The van der Waals surface area contributed by atoms with Gasteiger partial charge in [0.25, 0.3) is 0 Å². The molecule has 1 rings (SSSR count). The fourth-order valence-corrected chi connectivity index (χ4v) is 3.23. The third-order valence-corrected chi connectivity index (χ3v) is 6.32. The van der Waals surface area contributed by atoms with Gasteiger partial charge in [-0.15, -0.1) is 0 Å². The van der Waals surface area contributed by atoms with Crippen LogP contribution in [0.5, 0.6) is 0 Å². The Hall–Kier alpha value is -0.620. The van der Waals surface area contributed by atoms with Crippen molar-refractivity contribution >= 4 is 15.8 Å². The average molecular weight is 291 g/mol. The molecule has 0 spiro atoms. The molecule has 1 aliphatic heterocycles. The van der Waals surface area contributed by atoms with Gasteiger partial charge in [-0.1, -0.05) is 0 Å². The topological polar surface area (TPSA) is 63.7 Å². The molecule has 19 heavy (non-hydrogen) atoms. The minimum atomic E-state index is -3.06. The SMILES string of the molecule is COC(=O)C1CCN(CCS(=O)(=O)C(C)(C)C)CC1. The molecular formula is C13H25NO4S. The Labute approximate surface area is 116 Å². The molecule has 6 heteroatoms. The normalized spacial score (nSPS) is 19.4. The van der Waals surface area contributed by atoms with Crippen LogP contribution in [0.25, 0.3) is 0 Å². The number of nitrogens with zero attached hydrogens (tertiary/aromatic N) is 1. The van der Waals surface area contributed by atoms with Crippen molar-refractivity contribution in [3.63, 3.8) is 0 Å². The summed E-state index contributed by atoms with van der Waals surface area (Å²) in [5.74, 6) is 0.00165. The number of likely N-dealkylation sites (tertiary alicyclic amines) is 1. The van der Waals surface area contributed by atoms with E-state index in [0.717, 1.165) is 25.9 Å². The molecule has 0 aromatic heterocycles. The maximum Gasteiger partial charge on any atom is 0.308 e. The van der Waals surface area contributed by atoms with Crippen molar-refractivity contribution in [3.05, 3.63) is 0 Å². The smallest absolute Gasteiger partial charge is 0.308 e. The van der Waals surface area contributed by atoms with Crippen LogP contribution in [-0.4, -0.2) is 56.5 Å². The van der Waals surface area contributed by atoms with E-state index < -0.39 is 14.6 Å². The molecular weight excluding hydrogens is 266 g/mol. The summed E-state index contributed by atoms with van der Waals surface area (Å²) in [4.78, 5) is 13.5. The van der Waals surface area contributed by atoms with Crippen molar-refractivity contribution in [1.29, 1.82) is 0 Å². The summed E-state index contributed by atoms with van der Waals surface area (Å²) in [7, 11) is -1.66. The molecule has 1 fully saturated rings. The van der Waals surface area contributed by atoms with E-state index in [1.807, 2.05) is 0 Å². The minimum absolute atomic E-state index is 0.0273. The monoisotopic (exact) mass is 291 g/mol. The molecule has 0 radical (unpaired) electrons. The van der Waals surface area contributed by atoms with Gasteiger partial charge in [-0.3, -0.25) is 4.79 Å². The van der Waals surface area contributed by atoms with Crippen LogP contribution in [0.3, 0.4) is 0 Å². The highest BCUT2D eigenvalue weighted by molar-refractivity contribution is 7.92. The van der Waals surface area contributed by atoms with Gasteiger partial charge < -0.3 is 9.64 Å². The first-order chi connectivity index (χ1) is 8.67. The van der Waals surface area contributed by atoms with E-state index in [0.29, 0.717) is 6.54 Å². The predicted molar refractivity (Wildman–Crippen MR) is 74.7 cm³/mol. The third kappa shape index (κ3) is 4.45. The lowest BCUT2D eigenvalue weighted by Gasteiger charge is -2.31. The van der Waals surface area contributed by atoms with Crippen LogP contribution >= 0.6 is 0 Å². The van der Waals surface area contributed by atoms with Crippen LogP contribution in [0.4, 0.5) is 0 Å². The molecule has 112 valence electrons. The highest BCUT2D eigenvalue weighted by Gasteiger charge is 2.30. The van der Waals surface area contributed by atoms with Gasteiger partial charge in [-0.25, -0.2) is 8.42 Å². The van der Waals surface area contributed by atoms with Crippen molar-refractivity contribution < 1.29 is 17.9 Å². The molecule has 0 N–H and O–H groups in total. The number of esters is 1. The number of ether oxygens (including phenoxy) is 1. The first-order valence-corrected chi connectivity index (χ1v) is 8.35. The molecule has 0 saturated carbocycles. The maximum absolute atomic E-state index is 12.0. The summed E-state index contributed by atoms with van der Waals surface area (Å²) < 4.78 is 28.1. The van der Waals surface area contributed by atoms with Gasteiger partial charge in [0.05, 0.1) is 23.5 Å². The lowest BCUT2D eigenvalue weighted by Crippen LogP contribution is -2.41. The van der Waals surface area contributed by atoms with Gasteiger partial charge in [0.15, 0.2) is 9.84 Å². The Bertz CT molecular complexity index is 403. The van der Waals surface area contributed by atoms with E-state index in [9.17, 15) is 13.2 Å². The van der Waals surface area contributed by atoms with E-state index in [1.165, 1.54) is 7.11 Å². The quantitative estimate of drug-likeness (QED) is 0.725. The number of hydrogen-bond acceptors (Lipinski definition) is 5. The Morgan fingerprint density at radius 2 is 1.79 bits per heavy atom. The zero-order valence-corrected chi connectivity index (χ0v) is 13.1. The van der Waals surface area contributed by atoms with Crippen molar-refractivity contribution in [2.75, 3.05) is 32.5 Å². The van der Waals surface area contributed by atoms with Gasteiger partial charge in [0, 0.05) is 6.54 Å². The number of hydrogen-bond donors (Lipinski definition) is 0. The minimum Gasteiger partial charge on any atom is -0.469 e. The molecule has 0 unspecified atom stereocenters. The zero-order chi connectivity index (χ0) is 14.7. The van der Waals surface area contributed by atoms with Crippen LogP contribution in [0, 0.1) is 5.92 Å². The second kappa shape index (κ2) is 6.22. The number of carbonyl (C=O) groups is 1. The number of piperidine rings is 1. The second-order valence-corrected chi connectivity index (χ2v) is 8.93. The standard InChI is InChI=1S/C13H25NO4S/c1-13(2,3)19(16,17)10-9-14-7-5-11(6-8-14)12(15)18-4/h11H,5-10H2,1-4H3. The van der Waals surface area contributed by atoms with Crippen LogP contribution in [-0.2, 0) is 19.4 Å². The molecule has 1 heterocycles. The number of carbonyl (C=O) groups excluding carboxylic acids is 1. The summed E-state index contributed by atoms with van der Waals surface area (Å²) in [6.45, 7) is 7.26. The van der Waals surface area contributed by atoms with Crippen LogP contribution in [0.15, 0.2) is 0 Å². The Balaban J connectivity index is 2.41. The lowest BCUT2D eigenvalue weighted by molar-refractivity contribution is -0.147. The van der Waals surface area contributed by atoms with Crippen molar-refractivity contribution in [2.24, 2.45) is 5.92 Å². The molecule has 5 nitrogen and oxygen atoms in total. The molecule has 0 aromatic rings. The number of sulfone groups is 1. The number of rotatable bonds is 4. The van der Waals surface area contributed by atoms with Crippen molar-refractivity contribution in [3.8, 4) is 0 Å². The van der Waals surface area contributed by atoms with E-state index in [4.69, 9.17) is 4.74 Å². The summed E-state index contributed by atoms with van der Waals surface area (Å²) in [5.41, 5.74) is 0. The largest absolute Gasteiger partial charge is 0.469 e. The van der Waals surface area contributed by atoms with Gasteiger partial charge in [0.2, 0.25) is 0 Å². The van der Waals surface area contributed by atoms with Crippen molar-refractivity contribution in [1.82, 2.24) is 4.90 Å². The van der Waals surface area contributed by atoms with Gasteiger partial charge in [0.1, 0.15) is 0 Å². The van der Waals surface area contributed by atoms with Crippen molar-refractivity contribution in [2.45, 2.75) is 38.4 Å². The fraction of sp³-hybridized carbons (Fsp3) is 0.923. The summed E-state index contributed by atoms with van der Waals surface area (Å²) >= 11 is 0. The van der Waals surface area contributed by atoms with Gasteiger partial charge >= 0.3 is 5.97 Å². The second-order valence-electron chi connectivity index (χ2n) is 6.07. The molecule has 0 bridgehead atoms. The van der Waals surface area contributed by atoms with E-state index >= 15 is 0 Å². The highest BCUT2D eigenvalue weighted by Crippen LogP contribution is 2.20. The molecule has 1 aliphatic rings. The first kappa shape index (κ1) is 16.4.